The van der Waals surface area contributed by atoms with Crippen molar-refractivity contribution < 1.29 is 27.5 Å². The molecule has 196 valence electrons. The lowest BCUT2D eigenvalue weighted by molar-refractivity contribution is -0.110. The van der Waals surface area contributed by atoms with Gasteiger partial charge in [0.1, 0.15) is 0 Å². The Labute approximate surface area is 215 Å². The molecule has 36 heavy (non-hydrogen) atoms. The van der Waals surface area contributed by atoms with Crippen LogP contribution in [0.1, 0.15) is 36.6 Å². The van der Waals surface area contributed by atoms with Crippen molar-refractivity contribution in [1.82, 2.24) is 9.88 Å². The van der Waals surface area contributed by atoms with Gasteiger partial charge in [-0.1, -0.05) is 24.2 Å². The lowest BCUT2D eigenvalue weighted by Gasteiger charge is -2.18. The zero-order valence-corrected chi connectivity index (χ0v) is 22.1. The number of methoxy groups -OCH3 is 1. The zero-order chi connectivity index (χ0) is 25.5. The second kappa shape index (κ2) is 12.2. The van der Waals surface area contributed by atoms with Crippen molar-refractivity contribution in [3.63, 3.8) is 0 Å². The van der Waals surface area contributed by atoms with Gasteiger partial charge in [-0.15, -0.1) is 11.3 Å². The Bertz CT molecular complexity index is 1160. The van der Waals surface area contributed by atoms with Crippen molar-refractivity contribution in [2.45, 2.75) is 49.0 Å². The van der Waals surface area contributed by atoms with Crippen molar-refractivity contribution in [2.75, 3.05) is 45.3 Å². The summed E-state index contributed by atoms with van der Waals surface area (Å²) in [4.78, 5) is 26.6. The van der Waals surface area contributed by atoms with Crippen LogP contribution in [0.25, 0.3) is 0 Å². The number of anilines is 1. The normalized spacial score (nSPS) is 18.5. The molecule has 1 saturated heterocycles. The van der Waals surface area contributed by atoms with Crippen LogP contribution in [0.15, 0.2) is 40.5 Å². The first-order chi connectivity index (χ1) is 17.4. The van der Waals surface area contributed by atoms with E-state index < -0.39 is 15.7 Å². The number of carbonyl (C=O) groups excluding carboxylic acids is 1. The van der Waals surface area contributed by atoms with Gasteiger partial charge in [0.05, 0.1) is 30.0 Å². The van der Waals surface area contributed by atoms with Gasteiger partial charge >= 0.3 is 0 Å². The summed E-state index contributed by atoms with van der Waals surface area (Å²) in [7, 11) is -1.65. The number of aromatic nitrogens is 1. The van der Waals surface area contributed by atoms with Crippen LogP contribution >= 0.6 is 11.3 Å². The van der Waals surface area contributed by atoms with E-state index in [4.69, 9.17) is 14.3 Å². The molecule has 1 aliphatic heterocycles. The number of nitrogens with one attached hydrogen (secondary N) is 1. The van der Waals surface area contributed by atoms with E-state index in [0.717, 1.165) is 18.0 Å². The molecule has 2 fully saturated rings. The Morgan fingerprint density at radius 1 is 1.28 bits per heavy atom. The Hall–Kier alpha value is -2.38. The Balaban J connectivity index is 1.48. The summed E-state index contributed by atoms with van der Waals surface area (Å²) >= 11 is 1.39. The maximum Gasteiger partial charge on any atom is 0.280 e. The number of carbonyl (C=O) groups is 1. The van der Waals surface area contributed by atoms with Crippen LogP contribution in [0, 0.1) is 0 Å². The van der Waals surface area contributed by atoms with E-state index in [-0.39, 0.29) is 22.0 Å². The molecule has 0 bridgehead atoms. The molecule has 0 radical (unpaired) electrons. The summed E-state index contributed by atoms with van der Waals surface area (Å²) in [6, 6.07) is 6.21. The summed E-state index contributed by atoms with van der Waals surface area (Å²) in [5.74, 6) is -0.487. The first-order valence-corrected chi connectivity index (χ1v) is 14.4. The second-order valence-corrected chi connectivity index (χ2v) is 12.1. The molecule has 1 aromatic carbocycles. The number of rotatable bonds is 13. The van der Waals surface area contributed by atoms with Crippen LogP contribution in [0.2, 0.25) is 0 Å². The van der Waals surface area contributed by atoms with E-state index in [9.17, 15) is 13.2 Å². The number of likely N-dealkylation sites (N-methyl/N-ethyl adjacent to an activating group) is 1. The molecule has 2 aromatic rings. The number of amides is 1. The Morgan fingerprint density at radius 3 is 2.69 bits per heavy atom. The molecule has 1 amide bonds. The standard InChI is InChI=1S/C24H32N4O6S2/c1-3-28(11-13-32-2)15-19-14-25-24(35-19)26-23(29)22(27-34-18-10-12-33-16-18)17-4-6-20(7-5-17)36(30,31)21-8-9-21/h4-7,14,18,21H,3,8-13,15-16H2,1-2H3,(H,25,26,29)/b27-22+/t18-/m1/s1. The van der Waals surface area contributed by atoms with Crippen LogP contribution in [-0.4, -0.2) is 81.3 Å². The first-order valence-electron chi connectivity index (χ1n) is 12.0. The van der Waals surface area contributed by atoms with E-state index in [1.165, 1.54) is 23.5 Å². The predicted octanol–water partition coefficient (Wildman–Crippen LogP) is 2.70. The fourth-order valence-corrected chi connectivity index (χ4v) is 6.21. The molecular formula is C24H32N4O6S2. The highest BCUT2D eigenvalue weighted by Gasteiger charge is 2.36. The van der Waals surface area contributed by atoms with Gasteiger partial charge in [-0.25, -0.2) is 13.4 Å². The second-order valence-electron chi connectivity index (χ2n) is 8.75. The number of hydrogen-bond donors (Lipinski definition) is 1. The Morgan fingerprint density at radius 2 is 2.06 bits per heavy atom. The van der Waals surface area contributed by atoms with Gasteiger partial charge in [-0.3, -0.25) is 15.0 Å². The van der Waals surface area contributed by atoms with Crippen LogP contribution < -0.4 is 5.32 Å². The number of hydrogen-bond acceptors (Lipinski definition) is 10. The van der Waals surface area contributed by atoms with Crippen LogP contribution in [0.5, 0.6) is 0 Å². The molecule has 2 aliphatic rings. The third kappa shape index (κ3) is 6.88. The fraction of sp³-hybridized carbons (Fsp3) is 0.542. The van der Waals surface area contributed by atoms with Crippen molar-refractivity contribution in [2.24, 2.45) is 5.16 Å². The molecule has 1 aromatic heterocycles. The van der Waals surface area contributed by atoms with Crippen molar-refractivity contribution in [3.05, 3.63) is 40.9 Å². The van der Waals surface area contributed by atoms with E-state index in [1.807, 2.05) is 0 Å². The maximum absolute atomic E-state index is 13.2. The molecular weight excluding hydrogens is 504 g/mol. The van der Waals surface area contributed by atoms with E-state index in [2.05, 4.69) is 27.3 Å². The Kier molecular flexibility index (Phi) is 9.07. The number of oxime groups is 1. The van der Waals surface area contributed by atoms with E-state index >= 15 is 0 Å². The average Bonchev–Trinajstić information content (AvgIpc) is 3.46. The molecule has 1 aliphatic carbocycles. The van der Waals surface area contributed by atoms with Crippen LogP contribution in [-0.2, 0) is 35.5 Å². The number of benzene rings is 1. The minimum atomic E-state index is -3.33. The van der Waals surface area contributed by atoms with Gasteiger partial charge in [-0.05, 0) is 31.5 Å². The average molecular weight is 537 g/mol. The summed E-state index contributed by atoms with van der Waals surface area (Å²) in [6.07, 6.45) is 3.57. The fourth-order valence-electron chi connectivity index (χ4n) is 3.71. The smallest absolute Gasteiger partial charge is 0.280 e. The minimum absolute atomic E-state index is 0.0456. The van der Waals surface area contributed by atoms with Gasteiger partial charge in [-0.2, -0.15) is 0 Å². The molecule has 4 rings (SSSR count). The summed E-state index contributed by atoms with van der Waals surface area (Å²) in [6.45, 7) is 6.09. The molecule has 1 saturated carbocycles. The third-order valence-corrected chi connectivity index (χ3v) is 9.20. The summed E-state index contributed by atoms with van der Waals surface area (Å²) < 4.78 is 35.6. The van der Waals surface area contributed by atoms with Gasteiger partial charge in [0, 0.05) is 43.3 Å². The molecule has 10 nitrogen and oxygen atoms in total. The zero-order valence-electron chi connectivity index (χ0n) is 20.5. The van der Waals surface area contributed by atoms with Gasteiger partial charge in [0.15, 0.2) is 26.8 Å². The summed E-state index contributed by atoms with van der Waals surface area (Å²) in [5.41, 5.74) is 0.499. The maximum atomic E-state index is 13.2. The molecule has 1 atom stereocenters. The number of ether oxygens (including phenoxy) is 2. The van der Waals surface area contributed by atoms with Crippen molar-refractivity contribution in [3.8, 4) is 0 Å². The van der Waals surface area contributed by atoms with E-state index in [1.54, 1.807) is 25.4 Å². The number of sulfone groups is 1. The highest BCUT2D eigenvalue weighted by molar-refractivity contribution is 7.92. The molecule has 1 N–H and O–H groups in total. The lowest BCUT2D eigenvalue weighted by Crippen LogP contribution is -2.26. The minimum Gasteiger partial charge on any atom is -0.389 e. The summed E-state index contributed by atoms with van der Waals surface area (Å²) in [5, 5.41) is 7.10. The monoisotopic (exact) mass is 536 g/mol. The molecule has 0 unspecified atom stereocenters. The van der Waals surface area contributed by atoms with Gasteiger partial charge < -0.3 is 14.3 Å². The number of thiazole rings is 1. The van der Waals surface area contributed by atoms with Crippen molar-refractivity contribution in [1.29, 1.82) is 0 Å². The van der Waals surface area contributed by atoms with Gasteiger partial charge in [0.2, 0.25) is 0 Å². The lowest BCUT2D eigenvalue weighted by atomic mass is 10.1. The highest BCUT2D eigenvalue weighted by Crippen LogP contribution is 2.33. The third-order valence-electron chi connectivity index (χ3n) is 6.03. The van der Waals surface area contributed by atoms with E-state index in [0.29, 0.717) is 56.3 Å². The number of nitrogens with zero attached hydrogens (tertiary/aromatic N) is 3. The van der Waals surface area contributed by atoms with Gasteiger partial charge in [0.25, 0.3) is 5.91 Å². The first kappa shape index (κ1) is 26.7. The van der Waals surface area contributed by atoms with Crippen LogP contribution in [0.4, 0.5) is 5.13 Å². The van der Waals surface area contributed by atoms with Crippen LogP contribution in [0.3, 0.4) is 0 Å². The quantitative estimate of drug-likeness (QED) is 0.307. The molecule has 0 spiro atoms. The molecule has 12 heteroatoms. The molecule has 2 heterocycles. The predicted molar refractivity (Wildman–Crippen MR) is 137 cm³/mol. The largest absolute Gasteiger partial charge is 0.389 e. The highest BCUT2D eigenvalue weighted by atomic mass is 32.2. The SMILES string of the molecule is CCN(CCOC)Cc1cnc(NC(=O)/C(=N/O[C@@H]2CCOC2)c2ccc(S(=O)(=O)C3CC3)cc2)s1. The van der Waals surface area contributed by atoms with Crippen molar-refractivity contribution >= 4 is 37.9 Å². The topological polar surface area (TPSA) is 119 Å².